The molecule has 0 aliphatic carbocycles. The summed E-state index contributed by atoms with van der Waals surface area (Å²) >= 11 is 0. The van der Waals surface area contributed by atoms with E-state index in [2.05, 4.69) is 0 Å². The minimum Gasteiger partial charge on any atom is -0.449 e. The first-order chi connectivity index (χ1) is 14.4. The molecule has 0 spiro atoms. The molecule has 30 heavy (non-hydrogen) atoms. The van der Waals surface area contributed by atoms with E-state index in [-0.39, 0.29) is 18.3 Å². The number of unbranched alkanes of at least 4 members (excludes halogenated alkanes) is 1. The summed E-state index contributed by atoms with van der Waals surface area (Å²) in [5.74, 6) is 0. The molecule has 8 heteroatoms. The lowest BCUT2D eigenvalue weighted by Crippen LogP contribution is -2.53. The summed E-state index contributed by atoms with van der Waals surface area (Å²) in [6, 6.07) is 5.66. The highest BCUT2D eigenvalue weighted by atomic mass is 19.4. The molecule has 1 amide bonds. The van der Waals surface area contributed by atoms with Gasteiger partial charge in [0.2, 0.25) is 0 Å². The Morgan fingerprint density at radius 3 is 2.67 bits per heavy atom. The second-order valence-corrected chi connectivity index (χ2v) is 7.61. The van der Waals surface area contributed by atoms with Gasteiger partial charge in [0.15, 0.2) is 0 Å². The van der Waals surface area contributed by atoms with Crippen LogP contribution in [0.3, 0.4) is 0 Å². The lowest BCUT2D eigenvalue weighted by molar-refractivity contribution is -0.138. The smallest absolute Gasteiger partial charge is 0.416 e. The molecule has 1 fully saturated rings. The Kier molecular flexibility index (Phi) is 9.91. The molecule has 1 aromatic rings. The van der Waals surface area contributed by atoms with E-state index in [0.717, 1.165) is 31.7 Å². The van der Waals surface area contributed by atoms with Crippen molar-refractivity contribution in [3.8, 4) is 0 Å². The average molecular weight is 431 g/mol. The molecule has 0 bridgehead atoms. The van der Waals surface area contributed by atoms with Gasteiger partial charge in [0.05, 0.1) is 18.3 Å². The van der Waals surface area contributed by atoms with Crippen LogP contribution in [0.2, 0.25) is 0 Å². The molecule has 170 valence electrons. The van der Waals surface area contributed by atoms with E-state index in [1.165, 1.54) is 12.1 Å². The molecule has 0 radical (unpaired) electrons. The van der Waals surface area contributed by atoms with Crippen LogP contribution in [0.4, 0.5) is 18.0 Å². The Morgan fingerprint density at radius 1 is 1.20 bits per heavy atom. The maximum absolute atomic E-state index is 13.4. The molecule has 1 atom stereocenters. The van der Waals surface area contributed by atoms with Crippen LogP contribution >= 0.6 is 0 Å². The lowest BCUT2D eigenvalue weighted by Gasteiger charge is -2.42. The highest BCUT2D eigenvalue weighted by Gasteiger charge is 2.36. The van der Waals surface area contributed by atoms with Crippen LogP contribution < -0.4 is 0 Å². The van der Waals surface area contributed by atoms with Crippen molar-refractivity contribution >= 4 is 6.09 Å². The SMILES string of the molecule is CCCCOC(=O)N(CCCOC)C1CCCCN1Cc1ccccc1C(F)(F)F. The van der Waals surface area contributed by atoms with Gasteiger partial charge in [0, 0.05) is 33.4 Å². The first-order valence-corrected chi connectivity index (χ1v) is 10.7. The van der Waals surface area contributed by atoms with Crippen molar-refractivity contribution in [3.63, 3.8) is 0 Å². The molecular weight excluding hydrogens is 397 g/mol. The Labute approximate surface area is 177 Å². The average Bonchev–Trinajstić information content (AvgIpc) is 2.72. The number of piperidine rings is 1. The molecule has 1 aromatic carbocycles. The summed E-state index contributed by atoms with van der Waals surface area (Å²) in [7, 11) is 1.60. The molecule has 1 heterocycles. The number of carbonyl (C=O) groups excluding carboxylic acids is 1. The Balaban J connectivity index is 2.20. The second kappa shape index (κ2) is 12.2. The van der Waals surface area contributed by atoms with Crippen molar-refractivity contribution < 1.29 is 27.4 Å². The molecule has 2 rings (SSSR count). The molecule has 1 saturated heterocycles. The molecule has 5 nitrogen and oxygen atoms in total. The predicted molar refractivity (Wildman–Crippen MR) is 109 cm³/mol. The maximum Gasteiger partial charge on any atom is 0.416 e. The summed E-state index contributed by atoms with van der Waals surface area (Å²) in [5.41, 5.74) is -0.390. The van der Waals surface area contributed by atoms with Crippen LogP contribution in [-0.4, -0.2) is 55.5 Å². The highest BCUT2D eigenvalue weighted by molar-refractivity contribution is 5.68. The van der Waals surface area contributed by atoms with E-state index in [1.807, 2.05) is 11.8 Å². The minimum absolute atomic E-state index is 0.142. The predicted octanol–water partition coefficient (Wildman–Crippen LogP) is 5.29. The fraction of sp³-hybridized carbons (Fsp3) is 0.682. The number of carbonyl (C=O) groups is 1. The summed E-state index contributed by atoms with van der Waals surface area (Å²) in [5, 5.41) is 0. The number of amides is 1. The number of alkyl halides is 3. The Bertz CT molecular complexity index is 655. The first kappa shape index (κ1) is 24.5. The van der Waals surface area contributed by atoms with Crippen LogP contribution in [0.1, 0.15) is 56.6 Å². The van der Waals surface area contributed by atoms with Crippen molar-refractivity contribution in [2.45, 2.75) is 64.3 Å². The fourth-order valence-corrected chi connectivity index (χ4v) is 3.79. The standard InChI is InChI=1S/C22H33F3N2O3/c1-3-4-16-30-21(28)27(14-9-15-29-2)20-12-7-8-13-26(20)17-18-10-5-6-11-19(18)22(23,24)25/h5-6,10-11,20H,3-4,7-9,12-17H2,1-2H3. The van der Waals surface area contributed by atoms with E-state index < -0.39 is 17.8 Å². The van der Waals surface area contributed by atoms with Crippen molar-refractivity contribution in [1.82, 2.24) is 9.80 Å². The third-order valence-electron chi connectivity index (χ3n) is 5.34. The summed E-state index contributed by atoms with van der Waals surface area (Å²) in [6.45, 7) is 4.09. The molecular formula is C22H33F3N2O3. The van der Waals surface area contributed by atoms with E-state index >= 15 is 0 Å². The number of hydrogen-bond donors (Lipinski definition) is 0. The largest absolute Gasteiger partial charge is 0.449 e. The number of nitrogens with zero attached hydrogens (tertiary/aromatic N) is 2. The lowest BCUT2D eigenvalue weighted by atomic mass is 10.0. The molecule has 0 N–H and O–H groups in total. The summed E-state index contributed by atoms with van der Waals surface area (Å²) in [4.78, 5) is 16.4. The summed E-state index contributed by atoms with van der Waals surface area (Å²) < 4.78 is 50.9. The minimum atomic E-state index is -4.40. The van der Waals surface area contributed by atoms with Gasteiger partial charge in [-0.05, 0) is 43.7 Å². The van der Waals surface area contributed by atoms with Gasteiger partial charge in [0.25, 0.3) is 0 Å². The van der Waals surface area contributed by atoms with Gasteiger partial charge < -0.3 is 9.47 Å². The van der Waals surface area contributed by atoms with Crippen LogP contribution in [0.15, 0.2) is 24.3 Å². The van der Waals surface area contributed by atoms with Crippen LogP contribution in [-0.2, 0) is 22.2 Å². The topological polar surface area (TPSA) is 42.0 Å². The van der Waals surface area contributed by atoms with E-state index in [1.54, 1.807) is 18.1 Å². The van der Waals surface area contributed by atoms with Gasteiger partial charge >= 0.3 is 12.3 Å². The van der Waals surface area contributed by atoms with Crippen LogP contribution in [0, 0.1) is 0 Å². The van der Waals surface area contributed by atoms with Gasteiger partial charge in [-0.25, -0.2) is 4.79 Å². The normalized spacial score (nSPS) is 17.7. The van der Waals surface area contributed by atoms with E-state index in [9.17, 15) is 18.0 Å². The number of rotatable bonds is 10. The zero-order valence-electron chi connectivity index (χ0n) is 17.9. The first-order valence-electron chi connectivity index (χ1n) is 10.7. The van der Waals surface area contributed by atoms with E-state index in [0.29, 0.717) is 39.1 Å². The van der Waals surface area contributed by atoms with Crippen molar-refractivity contribution in [2.75, 3.05) is 33.4 Å². The quantitative estimate of drug-likeness (QED) is 0.473. The van der Waals surface area contributed by atoms with Crippen molar-refractivity contribution in [1.29, 1.82) is 0 Å². The molecule has 1 aliphatic rings. The van der Waals surface area contributed by atoms with Gasteiger partial charge in [-0.15, -0.1) is 0 Å². The number of hydrogen-bond acceptors (Lipinski definition) is 4. The third kappa shape index (κ3) is 7.16. The van der Waals surface area contributed by atoms with Crippen LogP contribution in [0.5, 0.6) is 0 Å². The van der Waals surface area contributed by atoms with Crippen molar-refractivity contribution in [3.05, 3.63) is 35.4 Å². The van der Waals surface area contributed by atoms with Gasteiger partial charge in [-0.3, -0.25) is 9.80 Å². The van der Waals surface area contributed by atoms with Crippen molar-refractivity contribution in [2.24, 2.45) is 0 Å². The number of halogens is 3. The monoisotopic (exact) mass is 430 g/mol. The third-order valence-corrected chi connectivity index (χ3v) is 5.34. The zero-order valence-corrected chi connectivity index (χ0v) is 17.9. The number of methoxy groups -OCH3 is 1. The fourth-order valence-electron chi connectivity index (χ4n) is 3.79. The van der Waals surface area contributed by atoms with Gasteiger partial charge in [-0.2, -0.15) is 13.2 Å². The molecule has 1 unspecified atom stereocenters. The number of ether oxygens (including phenoxy) is 2. The number of likely N-dealkylation sites (tertiary alicyclic amines) is 1. The Hall–Kier alpha value is -1.80. The molecule has 0 saturated carbocycles. The number of benzene rings is 1. The van der Waals surface area contributed by atoms with Gasteiger partial charge in [-0.1, -0.05) is 31.5 Å². The maximum atomic E-state index is 13.4. The zero-order chi connectivity index (χ0) is 22.0. The summed E-state index contributed by atoms with van der Waals surface area (Å²) in [6.07, 6.45) is -0.226. The van der Waals surface area contributed by atoms with Crippen LogP contribution in [0.25, 0.3) is 0 Å². The molecule has 1 aliphatic heterocycles. The molecule has 0 aromatic heterocycles. The van der Waals surface area contributed by atoms with E-state index in [4.69, 9.17) is 9.47 Å². The highest BCUT2D eigenvalue weighted by Crippen LogP contribution is 2.33. The van der Waals surface area contributed by atoms with Gasteiger partial charge in [0.1, 0.15) is 0 Å². The Morgan fingerprint density at radius 2 is 1.97 bits per heavy atom. The second-order valence-electron chi connectivity index (χ2n) is 7.61.